The second-order valence-corrected chi connectivity index (χ2v) is 6.85. The Kier molecular flexibility index (Phi) is 4.04. The van der Waals surface area contributed by atoms with Crippen molar-refractivity contribution in [2.24, 2.45) is 19.8 Å². The van der Waals surface area contributed by atoms with Crippen molar-refractivity contribution in [3.63, 3.8) is 0 Å². The maximum Gasteiger partial charge on any atom is 0.332 e. The lowest BCUT2D eigenvalue weighted by Gasteiger charge is -2.42. The quantitative estimate of drug-likeness (QED) is 0.654. The maximum atomic E-state index is 12.6. The fourth-order valence-electron chi connectivity index (χ4n) is 3.44. The molecule has 0 aliphatic carbocycles. The second-order valence-electron chi connectivity index (χ2n) is 6.85. The molecular weight excluding hydrogens is 328 g/mol. The number of fused-ring (bicyclic) bond motifs is 1. The van der Waals surface area contributed by atoms with E-state index in [2.05, 4.69) is 4.98 Å². The zero-order valence-electron chi connectivity index (χ0n) is 14.5. The van der Waals surface area contributed by atoms with Crippen LogP contribution in [-0.2, 0) is 18.9 Å². The molecule has 25 heavy (non-hydrogen) atoms. The number of imidazole rings is 1. The molecule has 3 heterocycles. The molecule has 10 nitrogen and oxygen atoms in total. The van der Waals surface area contributed by atoms with Crippen LogP contribution in [0.4, 0.5) is 0 Å². The molecule has 0 aromatic carbocycles. The highest BCUT2D eigenvalue weighted by Crippen LogP contribution is 2.32. The maximum absolute atomic E-state index is 12.6. The first-order chi connectivity index (χ1) is 11.6. The number of piperidine rings is 1. The molecule has 2 aromatic rings. The van der Waals surface area contributed by atoms with Gasteiger partial charge in [-0.3, -0.25) is 23.6 Å². The van der Waals surface area contributed by atoms with Crippen molar-refractivity contribution in [3.05, 3.63) is 27.2 Å². The molecule has 0 spiro atoms. The van der Waals surface area contributed by atoms with Gasteiger partial charge in [-0.25, -0.2) is 9.78 Å². The van der Waals surface area contributed by atoms with Gasteiger partial charge in [0.15, 0.2) is 11.2 Å². The van der Waals surface area contributed by atoms with Crippen molar-refractivity contribution >= 4 is 17.1 Å². The van der Waals surface area contributed by atoms with Gasteiger partial charge in [0, 0.05) is 27.2 Å². The molecule has 1 aliphatic heterocycles. The number of carbonyl (C=O) groups excluding carboxylic acids is 1. The van der Waals surface area contributed by atoms with Gasteiger partial charge in [0.25, 0.3) is 5.56 Å². The minimum absolute atomic E-state index is 0.0791. The molecule has 1 saturated heterocycles. The number of rotatable bonds is 3. The summed E-state index contributed by atoms with van der Waals surface area (Å²) in [7, 11) is 2.94. The lowest BCUT2D eigenvalue weighted by molar-refractivity contribution is -0.121. The van der Waals surface area contributed by atoms with Crippen molar-refractivity contribution in [1.29, 1.82) is 0 Å². The van der Waals surface area contributed by atoms with Crippen LogP contribution in [-0.4, -0.2) is 59.8 Å². The predicted octanol–water partition coefficient (Wildman–Crippen LogP) is -2.08. The van der Waals surface area contributed by atoms with Crippen LogP contribution < -0.4 is 17.0 Å². The number of primary amides is 1. The molecule has 3 rings (SSSR count). The van der Waals surface area contributed by atoms with Crippen LogP contribution in [0, 0.1) is 0 Å². The van der Waals surface area contributed by atoms with E-state index in [0.717, 1.165) is 4.57 Å². The monoisotopic (exact) mass is 350 g/mol. The predicted molar refractivity (Wildman–Crippen MR) is 90.1 cm³/mol. The molecule has 1 aliphatic rings. The molecule has 0 saturated carbocycles. The number of aliphatic hydroxyl groups is 1. The summed E-state index contributed by atoms with van der Waals surface area (Å²) >= 11 is 0. The molecule has 3 N–H and O–H groups in total. The summed E-state index contributed by atoms with van der Waals surface area (Å²) in [5.74, 6) is -0.450. The van der Waals surface area contributed by atoms with Crippen LogP contribution in [0.2, 0.25) is 0 Å². The van der Waals surface area contributed by atoms with Crippen molar-refractivity contribution in [2.75, 3.05) is 19.6 Å². The highest BCUT2D eigenvalue weighted by atomic mass is 16.3. The van der Waals surface area contributed by atoms with Crippen molar-refractivity contribution in [1.82, 2.24) is 23.6 Å². The topological polar surface area (TPSA) is 128 Å². The molecule has 136 valence electrons. The summed E-state index contributed by atoms with van der Waals surface area (Å²) in [5.41, 5.74) is 3.74. The van der Waals surface area contributed by atoms with Gasteiger partial charge in [-0.1, -0.05) is 0 Å². The first-order valence-electron chi connectivity index (χ1n) is 7.99. The van der Waals surface area contributed by atoms with Crippen LogP contribution in [0.25, 0.3) is 11.2 Å². The third-order valence-electron chi connectivity index (χ3n) is 4.97. The van der Waals surface area contributed by atoms with Crippen molar-refractivity contribution in [2.45, 2.75) is 25.0 Å². The summed E-state index contributed by atoms with van der Waals surface area (Å²) in [5, 5.41) is 10.8. The van der Waals surface area contributed by atoms with Gasteiger partial charge in [-0.15, -0.1) is 0 Å². The van der Waals surface area contributed by atoms with Crippen LogP contribution in [0.15, 0.2) is 15.9 Å². The van der Waals surface area contributed by atoms with Crippen LogP contribution in [0.5, 0.6) is 0 Å². The summed E-state index contributed by atoms with van der Waals surface area (Å²) in [4.78, 5) is 41.9. The zero-order chi connectivity index (χ0) is 18.5. The fourth-order valence-corrected chi connectivity index (χ4v) is 3.44. The smallest absolute Gasteiger partial charge is 0.332 e. The lowest BCUT2D eigenvalue weighted by atomic mass is 9.88. The van der Waals surface area contributed by atoms with Gasteiger partial charge in [-0.05, 0) is 13.3 Å². The molecule has 1 amide bonds. The number of likely N-dealkylation sites (tertiary alicyclic amines) is 1. The molecule has 10 heteroatoms. The van der Waals surface area contributed by atoms with Gasteiger partial charge in [0.1, 0.15) is 0 Å². The number of nitrogens with zero attached hydrogens (tertiary/aromatic N) is 5. The molecule has 2 aromatic heterocycles. The second kappa shape index (κ2) is 5.81. The summed E-state index contributed by atoms with van der Waals surface area (Å²) in [6, 6.07) is -0.504. The Morgan fingerprint density at radius 2 is 2.08 bits per heavy atom. The number of hydrogen-bond donors (Lipinski definition) is 2. The standard InChI is InChI=1S/C15H22N6O4/c1-15(25)4-5-20(7-10(16)22)6-9(15)21-8-17-12-11(21)13(23)19(3)14(24)18(12)2/h8-9,25H,4-7H2,1-3H3,(H2,16,22)/t9-,15-/m0/s1. The summed E-state index contributed by atoms with van der Waals surface area (Å²) < 4.78 is 3.91. The van der Waals surface area contributed by atoms with E-state index in [-0.39, 0.29) is 17.7 Å². The Bertz CT molecular complexity index is 953. The SMILES string of the molecule is Cn1c(=O)c2c(ncn2[C@H]2CN(CC(N)=O)CC[C@]2(C)O)n(C)c1=O. The Morgan fingerprint density at radius 3 is 2.72 bits per heavy atom. The lowest BCUT2D eigenvalue weighted by Crippen LogP contribution is -2.52. The Morgan fingerprint density at radius 1 is 1.40 bits per heavy atom. The number of amides is 1. The molecular formula is C15H22N6O4. The normalized spacial score (nSPS) is 24.7. The first-order valence-corrected chi connectivity index (χ1v) is 7.99. The number of aryl methyl sites for hydroxylation is 1. The van der Waals surface area contributed by atoms with Gasteiger partial charge < -0.3 is 15.4 Å². The number of aromatic nitrogens is 4. The minimum atomic E-state index is -1.10. The van der Waals surface area contributed by atoms with E-state index in [1.54, 1.807) is 18.5 Å². The van der Waals surface area contributed by atoms with Crippen LogP contribution in [0.1, 0.15) is 19.4 Å². The molecule has 0 unspecified atom stereocenters. The summed E-state index contributed by atoms with van der Waals surface area (Å²) in [6.07, 6.45) is 1.87. The van der Waals surface area contributed by atoms with Crippen molar-refractivity contribution in [3.8, 4) is 0 Å². The highest BCUT2D eigenvalue weighted by molar-refractivity contribution is 5.76. The molecule has 0 radical (unpaired) electrons. The number of hydrogen-bond acceptors (Lipinski definition) is 6. The van der Waals surface area contributed by atoms with E-state index in [9.17, 15) is 19.5 Å². The van der Waals surface area contributed by atoms with E-state index in [0.29, 0.717) is 19.5 Å². The summed E-state index contributed by atoms with van der Waals surface area (Å²) in [6.45, 7) is 2.64. The van der Waals surface area contributed by atoms with Crippen LogP contribution >= 0.6 is 0 Å². The van der Waals surface area contributed by atoms with Gasteiger partial charge in [-0.2, -0.15) is 0 Å². The van der Waals surface area contributed by atoms with Gasteiger partial charge >= 0.3 is 5.69 Å². The van der Waals surface area contributed by atoms with E-state index in [1.165, 1.54) is 17.9 Å². The molecule has 2 atom stereocenters. The average molecular weight is 350 g/mol. The Balaban J connectivity index is 2.15. The van der Waals surface area contributed by atoms with Gasteiger partial charge in [0.05, 0.1) is 24.5 Å². The Hall–Kier alpha value is -2.46. The molecule has 1 fully saturated rings. The average Bonchev–Trinajstić information content (AvgIpc) is 2.96. The van der Waals surface area contributed by atoms with Crippen LogP contribution in [0.3, 0.4) is 0 Å². The Labute approximate surface area is 143 Å². The van der Waals surface area contributed by atoms with Gasteiger partial charge in [0.2, 0.25) is 5.91 Å². The largest absolute Gasteiger partial charge is 0.388 e. The first kappa shape index (κ1) is 17.4. The van der Waals surface area contributed by atoms with E-state index >= 15 is 0 Å². The van der Waals surface area contributed by atoms with E-state index in [1.807, 2.05) is 4.90 Å². The minimum Gasteiger partial charge on any atom is -0.388 e. The fraction of sp³-hybridized carbons (Fsp3) is 0.600. The number of nitrogens with two attached hydrogens (primary N) is 1. The number of carbonyl (C=O) groups is 1. The van der Waals surface area contributed by atoms with E-state index in [4.69, 9.17) is 5.73 Å². The van der Waals surface area contributed by atoms with Crippen molar-refractivity contribution < 1.29 is 9.90 Å². The third kappa shape index (κ3) is 2.76. The third-order valence-corrected chi connectivity index (χ3v) is 4.97. The highest BCUT2D eigenvalue weighted by Gasteiger charge is 2.40. The van der Waals surface area contributed by atoms with E-state index < -0.39 is 28.8 Å². The molecule has 0 bridgehead atoms. The zero-order valence-corrected chi connectivity index (χ0v) is 14.5.